The first kappa shape index (κ1) is 112. The van der Waals surface area contributed by atoms with Gasteiger partial charge in [-0.2, -0.15) is 0 Å². The minimum atomic E-state index is -6.10. The molecule has 0 amide bonds. The van der Waals surface area contributed by atoms with E-state index < -0.39 is 20.1 Å². The molecule has 0 saturated heterocycles. The summed E-state index contributed by atoms with van der Waals surface area (Å²) in [5.74, 6) is 0. The molecule has 80 valence electrons. The summed E-state index contributed by atoms with van der Waals surface area (Å²) in [5, 5.41) is 0. The van der Waals surface area contributed by atoms with Crippen LogP contribution in [0.5, 0.6) is 0 Å². The molecule has 0 fully saturated rings. The van der Waals surface area contributed by atoms with Crippen LogP contribution >= 0.6 is 0 Å². The summed E-state index contributed by atoms with van der Waals surface area (Å²) in [5.41, 5.74) is 0. The second-order valence-corrected chi connectivity index (χ2v) is 3.00. The SMILES string of the molecule is [F-].[F-].[F-].[F-].[F-].[F-].[K+].[K+].[K+].[K+].[K+].[K+].[K+].[K+].[K+].[O]=[Sb]([O-])([O-])[O-]. The van der Waals surface area contributed by atoms with E-state index in [1.807, 2.05) is 0 Å². The topological polar surface area (TPSA) is 86.2 Å². The normalized spacial score (nSPS) is 2.95. The standard InChI is InChI=1S/6FH.9K.4O.Sb/h6*1H;;;;;;;;;;;;;;/q;;;;;;9*+1;;3*-1;/p-6. The van der Waals surface area contributed by atoms with Crippen LogP contribution in [0.3, 0.4) is 0 Å². The Morgan fingerprint density at radius 2 is 0.400 bits per heavy atom. The van der Waals surface area contributed by atoms with Crippen LogP contribution in [0.4, 0.5) is 0 Å². The zero-order valence-corrected chi connectivity index (χ0v) is 44.0. The monoisotopic (exact) mass is 650 g/mol. The molecule has 0 spiro atoms. The van der Waals surface area contributed by atoms with Gasteiger partial charge in [0.1, 0.15) is 0 Å². The Labute approximate surface area is 502 Å². The van der Waals surface area contributed by atoms with Gasteiger partial charge in [0.25, 0.3) is 0 Å². The molecule has 20 heavy (non-hydrogen) atoms. The van der Waals surface area contributed by atoms with Crippen molar-refractivity contribution in [1.29, 1.82) is 0 Å². The molecular weight excluding hydrogens is 652 g/mol. The van der Waals surface area contributed by atoms with Crippen molar-refractivity contribution in [2.24, 2.45) is 0 Å². The molecule has 0 unspecified atom stereocenters. The Kier molecular flexibility index (Phi) is 473. The number of rotatable bonds is 0. The molecule has 0 aliphatic heterocycles. The van der Waals surface area contributed by atoms with Crippen LogP contribution in [0.15, 0.2) is 0 Å². The van der Waals surface area contributed by atoms with Crippen molar-refractivity contribution in [3.05, 3.63) is 0 Å². The number of hydrogen-bond acceptors (Lipinski definition) is 4. The van der Waals surface area contributed by atoms with Gasteiger partial charge in [0.2, 0.25) is 0 Å². The fourth-order valence-electron chi connectivity index (χ4n) is 0. The molecule has 0 aromatic rings. The molecule has 0 N–H and O–H groups in total. The van der Waals surface area contributed by atoms with Crippen LogP contribution < -0.4 is 501 Å². The van der Waals surface area contributed by atoms with Gasteiger partial charge >= 0.3 is 496 Å². The Bertz CT molecular complexity index is 80.6. The maximum atomic E-state index is 8.64. The molecule has 4 nitrogen and oxygen atoms in total. The maximum absolute atomic E-state index is 8.64. The van der Waals surface area contributed by atoms with E-state index in [0.29, 0.717) is 0 Å². The number of halogens is 6. The summed E-state index contributed by atoms with van der Waals surface area (Å²) in [6.45, 7) is 0. The predicted octanol–water partition coefficient (Wildman–Crippen LogP) is -49.0. The third-order valence-corrected chi connectivity index (χ3v) is 0. The fraction of sp³-hybridized carbons (Fsp3) is 0. The van der Waals surface area contributed by atoms with Crippen molar-refractivity contribution in [3.63, 3.8) is 0 Å². The van der Waals surface area contributed by atoms with Gasteiger partial charge in [-0.05, 0) is 0 Å². The first-order valence-electron chi connectivity index (χ1n) is 0.730. The van der Waals surface area contributed by atoms with Crippen LogP contribution in [0.2, 0.25) is 0 Å². The van der Waals surface area contributed by atoms with Gasteiger partial charge < -0.3 is 28.2 Å². The van der Waals surface area contributed by atoms with Crippen molar-refractivity contribution >= 4 is 20.1 Å². The average molecular weight is 652 g/mol. The molecule has 0 radical (unpaired) electrons. The summed E-state index contributed by atoms with van der Waals surface area (Å²) in [4.78, 5) is 0. The molecule has 20 heteroatoms. The second-order valence-electron chi connectivity index (χ2n) is 0.447. The molecule has 0 aromatic carbocycles. The Morgan fingerprint density at radius 3 is 0.400 bits per heavy atom. The van der Waals surface area contributed by atoms with Gasteiger partial charge in [-0.25, -0.2) is 0 Å². The van der Waals surface area contributed by atoms with E-state index in [1.165, 1.54) is 0 Å². The van der Waals surface area contributed by atoms with Crippen LogP contribution in [-0.4, -0.2) is 20.1 Å². The van der Waals surface area contributed by atoms with E-state index in [0.717, 1.165) is 0 Å². The van der Waals surface area contributed by atoms with E-state index in [2.05, 4.69) is 0 Å². The minimum absolute atomic E-state index is 0. The summed E-state index contributed by atoms with van der Waals surface area (Å²) in [6, 6.07) is 0. The first-order valence-corrected chi connectivity index (χ1v) is 4.90. The van der Waals surface area contributed by atoms with Crippen LogP contribution in [0, 0.1) is 0 Å². The molecule has 0 rings (SSSR count). The van der Waals surface area contributed by atoms with E-state index in [4.69, 9.17) is 13.2 Å². The zero-order valence-electron chi connectivity index (χ0n) is 13.3. The molecule has 0 heterocycles. The Morgan fingerprint density at radius 1 is 0.400 bits per heavy atom. The quantitative estimate of drug-likeness (QED) is 0.193. The predicted molar refractivity (Wildman–Crippen MR) is 6.44 cm³/mol. The third-order valence-electron chi connectivity index (χ3n) is 0. The summed E-state index contributed by atoms with van der Waals surface area (Å²) in [6.07, 6.45) is 0. The van der Waals surface area contributed by atoms with Gasteiger partial charge in [0, 0.05) is 0 Å². The molecule has 0 aromatic heterocycles. The van der Waals surface area contributed by atoms with Crippen LogP contribution in [0.1, 0.15) is 0 Å². The van der Waals surface area contributed by atoms with E-state index in [-0.39, 0.29) is 491 Å². The molecule has 0 atom stereocenters. The Hall–Kier alpha value is 14.8. The van der Waals surface area contributed by atoms with Crippen LogP contribution in [-0.2, 0) is 3.02 Å². The van der Waals surface area contributed by atoms with Crippen molar-refractivity contribution < 1.29 is 504 Å². The molecule has 0 aliphatic carbocycles. The fourth-order valence-corrected chi connectivity index (χ4v) is 0. The van der Waals surface area contributed by atoms with E-state index in [9.17, 15) is 0 Å². The van der Waals surface area contributed by atoms with Crippen molar-refractivity contribution in [1.82, 2.24) is 0 Å². The van der Waals surface area contributed by atoms with Crippen molar-refractivity contribution in [2.75, 3.05) is 0 Å². The van der Waals surface area contributed by atoms with Gasteiger partial charge in [0.05, 0.1) is 0 Å². The summed E-state index contributed by atoms with van der Waals surface area (Å²) < 4.78 is 34.6. The Balaban J connectivity index is -0.000000000762. The molecule has 0 bridgehead atoms. The van der Waals surface area contributed by atoms with Crippen molar-refractivity contribution in [3.8, 4) is 0 Å². The molecule has 0 saturated carbocycles. The summed E-state index contributed by atoms with van der Waals surface area (Å²) in [7, 11) is 0. The van der Waals surface area contributed by atoms with E-state index in [1.54, 1.807) is 0 Å². The van der Waals surface area contributed by atoms with Gasteiger partial charge in [0.15, 0.2) is 0 Å². The van der Waals surface area contributed by atoms with E-state index >= 15 is 0 Å². The average Bonchev–Trinajstić information content (AvgIpc) is 0.722. The van der Waals surface area contributed by atoms with Gasteiger partial charge in [-0.1, -0.05) is 0 Å². The van der Waals surface area contributed by atoms with Crippen LogP contribution in [0.25, 0.3) is 0 Å². The zero-order chi connectivity index (χ0) is 4.50. The second kappa shape index (κ2) is 84.0. The number of hydrogen-bond donors (Lipinski definition) is 0. The first-order chi connectivity index (χ1) is 2.00. The molecule has 0 aliphatic rings. The van der Waals surface area contributed by atoms with Crippen molar-refractivity contribution in [2.45, 2.75) is 0 Å². The summed E-state index contributed by atoms with van der Waals surface area (Å²) >= 11 is -6.10. The van der Waals surface area contributed by atoms with Gasteiger partial charge in [-0.3, -0.25) is 0 Å². The molecular formula is F6K9O4Sb. The third kappa shape index (κ3) is 151. The van der Waals surface area contributed by atoms with Gasteiger partial charge in [-0.15, -0.1) is 0 Å².